The molecule has 1 N–H and O–H groups in total. The molecule has 0 saturated heterocycles. The molecule has 0 saturated carbocycles. The Morgan fingerprint density at radius 3 is 2.56 bits per heavy atom. The first-order valence-corrected chi connectivity index (χ1v) is 10.8. The lowest BCUT2D eigenvalue weighted by Gasteiger charge is -2.26. The van der Waals surface area contributed by atoms with Gasteiger partial charge in [-0.15, -0.1) is 0 Å². The summed E-state index contributed by atoms with van der Waals surface area (Å²) in [5.41, 5.74) is 5.90. The number of hydrogen-bond donors (Lipinski definition) is 1. The van der Waals surface area contributed by atoms with Crippen LogP contribution in [0.25, 0.3) is 16.5 Å². The zero-order valence-electron chi connectivity index (χ0n) is 15.7. The zero-order chi connectivity index (χ0) is 19.0. The fourth-order valence-corrected chi connectivity index (χ4v) is 5.11. The van der Waals surface area contributed by atoms with E-state index < -0.39 is 10.0 Å². The van der Waals surface area contributed by atoms with E-state index in [4.69, 9.17) is 0 Å². The number of nitrogens with zero attached hydrogens (tertiary/aromatic N) is 1. The van der Waals surface area contributed by atoms with Crippen molar-refractivity contribution in [3.8, 4) is 0 Å². The quantitative estimate of drug-likeness (QED) is 0.724. The lowest BCUT2D eigenvalue weighted by Crippen LogP contribution is -2.34. The van der Waals surface area contributed by atoms with E-state index in [1.165, 1.54) is 22.1 Å². The van der Waals surface area contributed by atoms with Crippen LogP contribution in [0.4, 0.5) is 0 Å². The molecule has 27 heavy (non-hydrogen) atoms. The Morgan fingerprint density at radius 1 is 1.11 bits per heavy atom. The Hall–Kier alpha value is -2.37. The highest BCUT2D eigenvalue weighted by atomic mass is 32.2. The van der Waals surface area contributed by atoms with Crippen molar-refractivity contribution in [1.29, 1.82) is 0 Å². The normalized spacial score (nSPS) is 15.9. The van der Waals surface area contributed by atoms with Crippen LogP contribution in [0.3, 0.4) is 0 Å². The molecule has 5 heteroatoms. The summed E-state index contributed by atoms with van der Waals surface area (Å²) < 4.78 is 27.4. The molecule has 0 unspecified atom stereocenters. The molecule has 0 radical (unpaired) electrons. The predicted molar refractivity (Wildman–Crippen MR) is 110 cm³/mol. The molecule has 4 rings (SSSR count). The van der Waals surface area contributed by atoms with Crippen LogP contribution in [-0.4, -0.2) is 30.8 Å². The Kier molecular flexibility index (Phi) is 4.66. The summed E-state index contributed by atoms with van der Waals surface area (Å²) in [5.74, 6) is 0. The highest BCUT2D eigenvalue weighted by Crippen LogP contribution is 2.31. The van der Waals surface area contributed by atoms with E-state index in [-0.39, 0.29) is 0 Å². The number of sulfonamides is 1. The third-order valence-corrected chi connectivity index (χ3v) is 7.29. The van der Waals surface area contributed by atoms with Gasteiger partial charge in [0.2, 0.25) is 10.0 Å². The number of fused-ring (bicyclic) bond motifs is 1. The van der Waals surface area contributed by atoms with E-state index in [2.05, 4.69) is 37.0 Å². The maximum absolute atomic E-state index is 12.9. The lowest BCUT2D eigenvalue weighted by molar-refractivity contribution is 0.441. The first kappa shape index (κ1) is 18.0. The molecule has 0 spiro atoms. The SMILES string of the molecule is CCc1ccc(S(=O)(=O)N2CC=C(c3c[nH]c4c(C)cccc34)CC2)cc1. The summed E-state index contributed by atoms with van der Waals surface area (Å²) in [6.07, 6.45) is 5.71. The molecule has 140 valence electrons. The molecule has 0 amide bonds. The van der Waals surface area contributed by atoms with E-state index in [9.17, 15) is 8.42 Å². The number of aromatic nitrogens is 1. The van der Waals surface area contributed by atoms with Gasteiger partial charge in [0.1, 0.15) is 0 Å². The number of benzene rings is 2. The Labute approximate surface area is 160 Å². The van der Waals surface area contributed by atoms with Gasteiger partial charge in [0.15, 0.2) is 0 Å². The van der Waals surface area contributed by atoms with Crippen molar-refractivity contribution in [2.45, 2.75) is 31.6 Å². The van der Waals surface area contributed by atoms with E-state index in [0.717, 1.165) is 17.5 Å². The van der Waals surface area contributed by atoms with E-state index >= 15 is 0 Å². The standard InChI is InChI=1S/C22H24N2O2S/c1-3-17-7-9-19(10-8-17)27(25,26)24-13-11-18(12-14-24)21-15-23-22-16(2)5-4-6-20(21)22/h4-11,15,23H,3,12-14H2,1-2H3. The van der Waals surface area contributed by atoms with Crippen LogP contribution in [0.1, 0.15) is 30.0 Å². The average Bonchev–Trinajstić information content (AvgIpc) is 3.14. The van der Waals surface area contributed by atoms with Gasteiger partial charge in [-0.1, -0.05) is 43.3 Å². The molecule has 2 aromatic carbocycles. The van der Waals surface area contributed by atoms with Gasteiger partial charge in [0, 0.05) is 35.8 Å². The van der Waals surface area contributed by atoms with Crippen molar-refractivity contribution < 1.29 is 8.42 Å². The number of rotatable bonds is 4. The first-order valence-electron chi connectivity index (χ1n) is 9.36. The van der Waals surface area contributed by atoms with E-state index in [1.807, 2.05) is 24.4 Å². The van der Waals surface area contributed by atoms with Gasteiger partial charge >= 0.3 is 0 Å². The molecule has 0 fully saturated rings. The fraction of sp³-hybridized carbons (Fsp3) is 0.273. The maximum Gasteiger partial charge on any atom is 0.243 e. The minimum atomic E-state index is -3.45. The lowest BCUT2D eigenvalue weighted by atomic mass is 9.99. The fourth-order valence-electron chi connectivity index (χ4n) is 3.73. The van der Waals surface area contributed by atoms with Gasteiger partial charge < -0.3 is 4.98 Å². The van der Waals surface area contributed by atoms with Crippen LogP contribution in [0.5, 0.6) is 0 Å². The van der Waals surface area contributed by atoms with Crippen molar-refractivity contribution in [3.63, 3.8) is 0 Å². The Bertz CT molecular complexity index is 1110. The number of H-pyrrole nitrogens is 1. The topological polar surface area (TPSA) is 53.2 Å². The van der Waals surface area contributed by atoms with Crippen molar-refractivity contribution in [2.75, 3.05) is 13.1 Å². The number of aromatic amines is 1. The van der Waals surface area contributed by atoms with Gasteiger partial charge in [0.25, 0.3) is 0 Å². The highest BCUT2D eigenvalue weighted by Gasteiger charge is 2.26. The van der Waals surface area contributed by atoms with Crippen LogP contribution in [-0.2, 0) is 16.4 Å². The van der Waals surface area contributed by atoms with Crippen LogP contribution in [0.2, 0.25) is 0 Å². The third-order valence-electron chi connectivity index (χ3n) is 5.41. The molecule has 0 aliphatic carbocycles. The first-order chi connectivity index (χ1) is 13.0. The van der Waals surface area contributed by atoms with Crippen LogP contribution in [0, 0.1) is 6.92 Å². The number of para-hydroxylation sites is 1. The van der Waals surface area contributed by atoms with Crippen LogP contribution < -0.4 is 0 Å². The molecule has 0 atom stereocenters. The monoisotopic (exact) mass is 380 g/mol. The summed E-state index contributed by atoms with van der Waals surface area (Å²) >= 11 is 0. The molecule has 1 aliphatic heterocycles. The second-order valence-corrected chi connectivity index (χ2v) is 8.98. The second-order valence-electron chi connectivity index (χ2n) is 7.04. The van der Waals surface area contributed by atoms with E-state index in [1.54, 1.807) is 16.4 Å². The summed E-state index contributed by atoms with van der Waals surface area (Å²) in [7, 11) is -3.45. The number of aryl methyl sites for hydroxylation is 2. The molecule has 2 heterocycles. The predicted octanol–water partition coefficient (Wildman–Crippen LogP) is 4.52. The highest BCUT2D eigenvalue weighted by molar-refractivity contribution is 7.89. The molecule has 4 nitrogen and oxygen atoms in total. The third kappa shape index (κ3) is 3.22. The van der Waals surface area contributed by atoms with Gasteiger partial charge in [-0.3, -0.25) is 0 Å². The molecular weight excluding hydrogens is 356 g/mol. The van der Waals surface area contributed by atoms with Crippen molar-refractivity contribution in [3.05, 3.63) is 71.4 Å². The second kappa shape index (κ2) is 6.98. The molecule has 0 bridgehead atoms. The van der Waals surface area contributed by atoms with Gasteiger partial charge in [-0.2, -0.15) is 4.31 Å². The Balaban J connectivity index is 1.59. The minimum absolute atomic E-state index is 0.374. The van der Waals surface area contributed by atoms with Crippen molar-refractivity contribution in [1.82, 2.24) is 9.29 Å². The number of hydrogen-bond acceptors (Lipinski definition) is 2. The Morgan fingerprint density at radius 2 is 1.89 bits per heavy atom. The summed E-state index contributed by atoms with van der Waals surface area (Å²) in [5, 5.41) is 1.20. The summed E-state index contributed by atoms with van der Waals surface area (Å²) in [4.78, 5) is 3.73. The molecule has 3 aromatic rings. The van der Waals surface area contributed by atoms with Crippen molar-refractivity contribution in [2.24, 2.45) is 0 Å². The smallest absolute Gasteiger partial charge is 0.243 e. The largest absolute Gasteiger partial charge is 0.360 e. The van der Waals surface area contributed by atoms with E-state index in [0.29, 0.717) is 24.4 Å². The van der Waals surface area contributed by atoms with Crippen LogP contribution in [0.15, 0.2) is 59.6 Å². The molecule has 1 aliphatic rings. The maximum atomic E-state index is 12.9. The van der Waals surface area contributed by atoms with Gasteiger partial charge in [-0.05, 0) is 48.6 Å². The average molecular weight is 381 g/mol. The molecule has 1 aromatic heterocycles. The van der Waals surface area contributed by atoms with Crippen molar-refractivity contribution >= 4 is 26.5 Å². The molecular formula is C22H24N2O2S. The van der Waals surface area contributed by atoms with Crippen LogP contribution >= 0.6 is 0 Å². The summed E-state index contributed by atoms with van der Waals surface area (Å²) in [6, 6.07) is 13.5. The minimum Gasteiger partial charge on any atom is -0.360 e. The number of nitrogens with one attached hydrogen (secondary N) is 1. The summed E-state index contributed by atoms with van der Waals surface area (Å²) in [6.45, 7) is 5.07. The van der Waals surface area contributed by atoms with Gasteiger partial charge in [0.05, 0.1) is 4.90 Å². The van der Waals surface area contributed by atoms with Gasteiger partial charge in [-0.25, -0.2) is 8.42 Å². The zero-order valence-corrected chi connectivity index (χ0v) is 16.5.